The van der Waals surface area contributed by atoms with Crippen LogP contribution in [0.15, 0.2) is 41.6 Å². The fourth-order valence-corrected chi connectivity index (χ4v) is 2.42. The first-order chi connectivity index (χ1) is 9.38. The van der Waals surface area contributed by atoms with Crippen molar-refractivity contribution >= 4 is 33.4 Å². The van der Waals surface area contributed by atoms with E-state index in [2.05, 4.69) is 14.7 Å². The topological polar surface area (TPSA) is 109 Å². The number of aromatic carboxylic acids is 1. The molecule has 0 unspecified atom stereocenters. The van der Waals surface area contributed by atoms with Gasteiger partial charge in [-0.15, -0.1) is 0 Å². The number of carbonyl (C=O) groups is 1. The minimum absolute atomic E-state index is 0.0432. The molecule has 0 saturated heterocycles. The van der Waals surface area contributed by atoms with Crippen LogP contribution in [-0.4, -0.2) is 29.5 Å². The number of aromatic nitrogens is 2. The number of halogens is 1. The summed E-state index contributed by atoms with van der Waals surface area (Å²) in [6, 6.07) is 6.70. The molecule has 0 aliphatic heterocycles. The molecule has 7 nitrogen and oxygen atoms in total. The Balaban J connectivity index is 2.28. The molecule has 2 heterocycles. The van der Waals surface area contributed by atoms with Gasteiger partial charge < -0.3 is 5.11 Å². The largest absolute Gasteiger partial charge is 0.478 e. The number of carboxylic acid groups (broad SMARTS) is 1. The number of rotatable bonds is 4. The zero-order valence-corrected chi connectivity index (χ0v) is 11.4. The third-order valence-electron chi connectivity index (χ3n) is 2.21. The average molecular weight is 314 g/mol. The van der Waals surface area contributed by atoms with Gasteiger partial charge in [0.15, 0.2) is 5.03 Å². The molecule has 0 fully saturated rings. The number of hydrogen-bond acceptors (Lipinski definition) is 5. The Kier molecular flexibility index (Phi) is 3.86. The van der Waals surface area contributed by atoms with Crippen molar-refractivity contribution in [3.63, 3.8) is 0 Å². The van der Waals surface area contributed by atoms with Crippen LogP contribution in [0, 0.1) is 0 Å². The van der Waals surface area contributed by atoms with Gasteiger partial charge in [0.1, 0.15) is 11.0 Å². The number of hydrogen-bond donors (Lipinski definition) is 2. The summed E-state index contributed by atoms with van der Waals surface area (Å²) in [5.41, 5.74) is -0.107. The Morgan fingerprint density at radius 2 is 2.00 bits per heavy atom. The molecule has 2 aromatic rings. The monoisotopic (exact) mass is 313 g/mol. The molecule has 0 aliphatic carbocycles. The van der Waals surface area contributed by atoms with Crippen LogP contribution in [-0.2, 0) is 10.0 Å². The second-order valence-corrected chi connectivity index (χ2v) is 5.66. The fraction of sp³-hybridized carbons (Fsp3) is 0. The van der Waals surface area contributed by atoms with Gasteiger partial charge in [-0.05, 0) is 24.3 Å². The van der Waals surface area contributed by atoms with Gasteiger partial charge >= 0.3 is 5.97 Å². The Morgan fingerprint density at radius 3 is 2.55 bits per heavy atom. The Morgan fingerprint density at radius 1 is 1.25 bits per heavy atom. The van der Waals surface area contributed by atoms with Crippen LogP contribution in [0.25, 0.3) is 0 Å². The molecule has 104 valence electrons. The van der Waals surface area contributed by atoms with E-state index in [0.29, 0.717) is 0 Å². The third kappa shape index (κ3) is 3.22. The van der Waals surface area contributed by atoms with Crippen LogP contribution in [0.1, 0.15) is 10.4 Å². The summed E-state index contributed by atoms with van der Waals surface area (Å²) in [6.45, 7) is 0. The first-order valence-electron chi connectivity index (χ1n) is 5.23. The second kappa shape index (κ2) is 5.43. The van der Waals surface area contributed by atoms with E-state index in [0.717, 1.165) is 18.3 Å². The SMILES string of the molecule is O=C(O)c1ccc(S(=O)(=O)Nc2cccc(Cl)n2)nc1. The van der Waals surface area contributed by atoms with Crippen molar-refractivity contribution in [2.45, 2.75) is 5.03 Å². The van der Waals surface area contributed by atoms with Gasteiger partial charge in [0.05, 0.1) is 5.56 Å². The van der Waals surface area contributed by atoms with Crippen LogP contribution >= 0.6 is 11.6 Å². The lowest BCUT2D eigenvalue weighted by molar-refractivity contribution is 0.0696. The molecule has 0 radical (unpaired) electrons. The van der Waals surface area contributed by atoms with E-state index < -0.39 is 16.0 Å². The lowest BCUT2D eigenvalue weighted by Gasteiger charge is -2.06. The number of nitrogens with zero attached hydrogens (tertiary/aromatic N) is 2. The smallest absolute Gasteiger partial charge is 0.337 e. The van der Waals surface area contributed by atoms with Crippen molar-refractivity contribution in [1.29, 1.82) is 0 Å². The molecule has 9 heteroatoms. The van der Waals surface area contributed by atoms with Crippen LogP contribution < -0.4 is 4.72 Å². The molecule has 2 rings (SSSR count). The number of carboxylic acids is 1. The summed E-state index contributed by atoms with van der Waals surface area (Å²) >= 11 is 5.65. The Labute approximate surface area is 119 Å². The van der Waals surface area contributed by atoms with E-state index in [4.69, 9.17) is 16.7 Å². The molecule has 0 saturated carbocycles. The molecule has 2 N–H and O–H groups in total. The lowest BCUT2D eigenvalue weighted by atomic mass is 10.3. The number of anilines is 1. The summed E-state index contributed by atoms with van der Waals surface area (Å²) in [7, 11) is -3.95. The standard InChI is InChI=1S/C11H8ClN3O4S/c12-8-2-1-3-9(14-8)15-20(18,19)10-5-4-7(6-13-10)11(16)17/h1-6H,(H,14,15)(H,16,17). The van der Waals surface area contributed by atoms with Gasteiger partial charge in [-0.2, -0.15) is 8.42 Å². The summed E-state index contributed by atoms with van der Waals surface area (Å²) in [4.78, 5) is 18.0. The maximum Gasteiger partial charge on any atom is 0.337 e. The highest BCUT2D eigenvalue weighted by Crippen LogP contribution is 2.14. The van der Waals surface area contributed by atoms with Crippen LogP contribution in [0.3, 0.4) is 0 Å². The number of pyridine rings is 2. The minimum Gasteiger partial charge on any atom is -0.478 e. The Bertz CT molecular complexity index is 747. The average Bonchev–Trinajstić information content (AvgIpc) is 2.38. The van der Waals surface area contributed by atoms with Crippen LogP contribution in [0.2, 0.25) is 5.15 Å². The lowest BCUT2D eigenvalue weighted by Crippen LogP contribution is -2.15. The minimum atomic E-state index is -3.95. The van der Waals surface area contributed by atoms with Crippen molar-refractivity contribution in [3.8, 4) is 0 Å². The van der Waals surface area contributed by atoms with Crippen LogP contribution in [0.4, 0.5) is 5.82 Å². The van der Waals surface area contributed by atoms with E-state index in [9.17, 15) is 13.2 Å². The predicted octanol–water partition coefficient (Wildman–Crippen LogP) is 1.63. The van der Waals surface area contributed by atoms with E-state index >= 15 is 0 Å². The van der Waals surface area contributed by atoms with Gasteiger partial charge in [0.25, 0.3) is 10.0 Å². The summed E-state index contributed by atoms with van der Waals surface area (Å²) in [5, 5.41) is 8.54. The van der Waals surface area contributed by atoms with Crippen LogP contribution in [0.5, 0.6) is 0 Å². The molecule has 0 amide bonds. The first-order valence-corrected chi connectivity index (χ1v) is 7.09. The zero-order valence-electron chi connectivity index (χ0n) is 9.82. The molecular weight excluding hydrogens is 306 g/mol. The van der Waals surface area contributed by atoms with Crippen molar-refractivity contribution in [3.05, 3.63) is 47.2 Å². The highest BCUT2D eigenvalue weighted by molar-refractivity contribution is 7.92. The van der Waals surface area contributed by atoms with Crippen molar-refractivity contribution in [2.75, 3.05) is 4.72 Å². The zero-order chi connectivity index (χ0) is 14.8. The number of nitrogens with one attached hydrogen (secondary N) is 1. The van der Waals surface area contributed by atoms with Gasteiger partial charge in [-0.25, -0.2) is 14.8 Å². The molecule has 0 atom stereocenters. The molecule has 2 aromatic heterocycles. The van der Waals surface area contributed by atoms with Gasteiger partial charge in [-0.3, -0.25) is 4.72 Å². The maximum atomic E-state index is 12.0. The van der Waals surface area contributed by atoms with E-state index in [1.165, 1.54) is 18.2 Å². The molecule has 0 spiro atoms. The summed E-state index contributed by atoms with van der Waals surface area (Å²) < 4.78 is 26.2. The molecule has 20 heavy (non-hydrogen) atoms. The third-order valence-corrected chi connectivity index (χ3v) is 3.69. The molecular formula is C11H8ClN3O4S. The van der Waals surface area contributed by atoms with Gasteiger partial charge in [0, 0.05) is 6.20 Å². The normalized spacial score (nSPS) is 11.1. The first kappa shape index (κ1) is 14.2. The summed E-state index contributed by atoms with van der Waals surface area (Å²) in [6.07, 6.45) is 0.961. The fourth-order valence-electron chi connectivity index (χ4n) is 1.32. The predicted molar refractivity (Wildman–Crippen MR) is 71.3 cm³/mol. The van der Waals surface area contributed by atoms with Crippen molar-refractivity contribution in [1.82, 2.24) is 9.97 Å². The molecule has 0 aliphatic rings. The molecule has 0 aromatic carbocycles. The maximum absolute atomic E-state index is 12.0. The van der Waals surface area contributed by atoms with Gasteiger partial charge in [-0.1, -0.05) is 17.7 Å². The van der Waals surface area contributed by atoms with Crippen molar-refractivity contribution < 1.29 is 18.3 Å². The number of sulfonamides is 1. The Hall–Kier alpha value is -2.19. The molecule has 0 bridgehead atoms. The van der Waals surface area contributed by atoms with Crippen molar-refractivity contribution in [2.24, 2.45) is 0 Å². The highest BCUT2D eigenvalue weighted by Gasteiger charge is 2.17. The van der Waals surface area contributed by atoms with E-state index in [-0.39, 0.29) is 21.6 Å². The summed E-state index contributed by atoms with van der Waals surface area (Å²) in [5.74, 6) is -1.15. The van der Waals surface area contributed by atoms with Gasteiger partial charge in [0.2, 0.25) is 0 Å². The van der Waals surface area contributed by atoms with E-state index in [1.54, 1.807) is 0 Å². The van der Waals surface area contributed by atoms with E-state index in [1.807, 2.05) is 0 Å². The second-order valence-electron chi connectivity index (χ2n) is 3.64. The quantitative estimate of drug-likeness (QED) is 0.830. The highest BCUT2D eigenvalue weighted by atomic mass is 35.5.